The summed E-state index contributed by atoms with van der Waals surface area (Å²) < 4.78 is 13.6. The summed E-state index contributed by atoms with van der Waals surface area (Å²) in [5, 5.41) is 35.8. The van der Waals surface area contributed by atoms with Crippen molar-refractivity contribution < 1.29 is 34.4 Å². The lowest BCUT2D eigenvalue weighted by molar-refractivity contribution is -0.141. The van der Waals surface area contributed by atoms with Gasteiger partial charge < -0.3 is 20.4 Å². The summed E-state index contributed by atoms with van der Waals surface area (Å²) in [6, 6.07) is 1.44. The third-order valence-corrected chi connectivity index (χ3v) is 2.70. The Morgan fingerprint density at radius 2 is 1.84 bits per heavy atom. The number of halogens is 2. The lowest BCUT2D eigenvalue weighted by Crippen LogP contribution is -2.22. The van der Waals surface area contributed by atoms with Crippen molar-refractivity contribution in [1.29, 1.82) is 0 Å². The van der Waals surface area contributed by atoms with Crippen molar-refractivity contribution in [2.24, 2.45) is 0 Å². The fourth-order valence-electron chi connectivity index (χ4n) is 1.45. The molecule has 1 rings (SSSR count). The lowest BCUT2D eigenvalue weighted by atomic mass is 10.00. The van der Waals surface area contributed by atoms with Crippen molar-refractivity contribution in [2.75, 3.05) is 0 Å². The van der Waals surface area contributed by atoms with Crippen molar-refractivity contribution in [3.05, 3.63) is 34.1 Å². The maximum Gasteiger partial charge on any atom is 0.337 e. The highest BCUT2D eigenvalue weighted by atomic mass is 35.5. The van der Waals surface area contributed by atoms with Crippen molar-refractivity contribution in [3.63, 3.8) is 0 Å². The minimum absolute atomic E-state index is 0.328. The van der Waals surface area contributed by atoms with E-state index in [2.05, 4.69) is 0 Å². The molecule has 0 aliphatic heterocycles. The zero-order chi connectivity index (χ0) is 14.7. The number of aliphatic hydroxyl groups is 2. The molecule has 0 saturated heterocycles. The second-order valence-corrected chi connectivity index (χ2v) is 4.18. The van der Waals surface area contributed by atoms with E-state index in [0.29, 0.717) is 6.07 Å². The van der Waals surface area contributed by atoms with Gasteiger partial charge in [-0.1, -0.05) is 11.6 Å². The van der Waals surface area contributed by atoms with Crippen LogP contribution in [0, 0.1) is 5.82 Å². The predicted molar refractivity (Wildman–Crippen MR) is 61.6 cm³/mol. The zero-order valence-electron chi connectivity index (χ0n) is 9.38. The largest absolute Gasteiger partial charge is 0.481 e. The summed E-state index contributed by atoms with van der Waals surface area (Å²) in [6.45, 7) is 0. The van der Waals surface area contributed by atoms with Crippen LogP contribution in [0.25, 0.3) is 0 Å². The Labute approximate surface area is 111 Å². The smallest absolute Gasteiger partial charge is 0.337 e. The first kappa shape index (κ1) is 15.4. The number of rotatable bonds is 5. The van der Waals surface area contributed by atoms with E-state index in [1.165, 1.54) is 0 Å². The van der Waals surface area contributed by atoms with E-state index in [0.717, 1.165) is 6.07 Å². The molecule has 0 radical (unpaired) electrons. The Balaban J connectivity index is 3.11. The van der Waals surface area contributed by atoms with Crippen molar-refractivity contribution in [2.45, 2.75) is 18.6 Å². The Morgan fingerprint density at radius 3 is 2.32 bits per heavy atom. The number of hydrogen-bond acceptors (Lipinski definition) is 4. The van der Waals surface area contributed by atoms with E-state index >= 15 is 0 Å². The fraction of sp³-hybridized carbons (Fsp3) is 0.273. The lowest BCUT2D eigenvalue weighted by Gasteiger charge is -2.17. The Kier molecular flexibility index (Phi) is 4.82. The third-order valence-electron chi connectivity index (χ3n) is 2.38. The molecule has 0 aliphatic carbocycles. The first-order valence-corrected chi connectivity index (χ1v) is 5.42. The number of aliphatic carboxylic acids is 1. The van der Waals surface area contributed by atoms with Crippen LogP contribution >= 0.6 is 11.6 Å². The number of aromatic carboxylic acids is 1. The van der Waals surface area contributed by atoms with Crippen LogP contribution in [0.4, 0.5) is 4.39 Å². The van der Waals surface area contributed by atoms with Crippen LogP contribution in [-0.4, -0.2) is 38.5 Å². The SMILES string of the molecule is O=C(O)CC(O)C(O)c1cc(Cl)c(C(=O)O)cc1F. The average molecular weight is 293 g/mol. The summed E-state index contributed by atoms with van der Waals surface area (Å²) in [4.78, 5) is 21.1. The van der Waals surface area contributed by atoms with Crippen LogP contribution in [0.3, 0.4) is 0 Å². The van der Waals surface area contributed by atoms with E-state index in [1.54, 1.807) is 0 Å². The molecule has 19 heavy (non-hydrogen) atoms. The molecule has 1 aromatic rings. The highest BCUT2D eigenvalue weighted by molar-refractivity contribution is 6.33. The number of carbonyl (C=O) groups is 2. The first-order chi connectivity index (χ1) is 8.73. The average Bonchev–Trinajstić information content (AvgIpc) is 2.29. The highest BCUT2D eigenvalue weighted by Gasteiger charge is 2.25. The van der Waals surface area contributed by atoms with Gasteiger partial charge in [0.2, 0.25) is 0 Å². The fourth-order valence-corrected chi connectivity index (χ4v) is 1.70. The zero-order valence-corrected chi connectivity index (χ0v) is 10.1. The number of carboxylic acids is 2. The van der Waals surface area contributed by atoms with Gasteiger partial charge in [0, 0.05) is 5.56 Å². The molecule has 4 N–H and O–H groups in total. The quantitative estimate of drug-likeness (QED) is 0.645. The predicted octanol–water partition coefficient (Wildman–Crippen LogP) is 1.05. The van der Waals surface area contributed by atoms with Gasteiger partial charge in [-0.2, -0.15) is 0 Å². The standard InChI is InChI=1S/C11H10ClFO6/c12-6-1-5(7(13)2-4(6)11(18)19)10(17)8(14)3-9(15)16/h1-2,8,10,14,17H,3H2,(H,15,16)(H,18,19). The molecule has 0 fully saturated rings. The van der Waals surface area contributed by atoms with Crippen LogP contribution in [0.2, 0.25) is 5.02 Å². The molecule has 0 aromatic heterocycles. The molecule has 0 aliphatic rings. The van der Waals surface area contributed by atoms with E-state index in [-0.39, 0.29) is 5.02 Å². The summed E-state index contributed by atoms with van der Waals surface area (Å²) >= 11 is 5.59. The molecule has 2 unspecified atom stereocenters. The van der Waals surface area contributed by atoms with Crippen molar-refractivity contribution in [3.8, 4) is 0 Å². The van der Waals surface area contributed by atoms with E-state index in [4.69, 9.17) is 21.8 Å². The van der Waals surface area contributed by atoms with Crippen molar-refractivity contribution in [1.82, 2.24) is 0 Å². The van der Waals surface area contributed by atoms with Gasteiger partial charge in [-0.05, 0) is 12.1 Å². The molecular formula is C11H10ClFO6. The molecular weight excluding hydrogens is 283 g/mol. The van der Waals surface area contributed by atoms with Gasteiger partial charge >= 0.3 is 11.9 Å². The van der Waals surface area contributed by atoms with Crippen LogP contribution in [-0.2, 0) is 4.79 Å². The van der Waals surface area contributed by atoms with E-state index in [1.807, 2.05) is 0 Å². The van der Waals surface area contributed by atoms with Crippen LogP contribution in [0.1, 0.15) is 28.4 Å². The normalized spacial score (nSPS) is 13.9. The molecule has 104 valence electrons. The van der Waals surface area contributed by atoms with Crippen molar-refractivity contribution >= 4 is 23.5 Å². The molecule has 0 bridgehead atoms. The number of hydrogen-bond donors (Lipinski definition) is 4. The molecule has 8 heteroatoms. The summed E-state index contributed by atoms with van der Waals surface area (Å²) in [6.07, 6.45) is -4.35. The molecule has 0 amide bonds. The van der Waals surface area contributed by atoms with E-state index < -0.39 is 47.5 Å². The first-order valence-electron chi connectivity index (χ1n) is 5.04. The summed E-state index contributed by atoms with van der Waals surface area (Å²) in [7, 11) is 0. The minimum Gasteiger partial charge on any atom is -0.481 e. The Morgan fingerprint density at radius 1 is 1.26 bits per heavy atom. The molecule has 2 atom stereocenters. The van der Waals surface area contributed by atoms with Crippen LogP contribution < -0.4 is 0 Å². The number of aliphatic hydroxyl groups excluding tert-OH is 2. The van der Waals surface area contributed by atoms with Gasteiger partial charge in [-0.3, -0.25) is 4.79 Å². The maximum atomic E-state index is 13.6. The maximum absolute atomic E-state index is 13.6. The Bertz CT molecular complexity index is 518. The van der Waals surface area contributed by atoms with Gasteiger partial charge in [0.15, 0.2) is 0 Å². The van der Waals surface area contributed by atoms with Gasteiger partial charge in [0.05, 0.1) is 23.1 Å². The van der Waals surface area contributed by atoms with E-state index in [9.17, 15) is 24.2 Å². The summed E-state index contributed by atoms with van der Waals surface area (Å²) in [5.74, 6) is -3.92. The molecule has 0 saturated carbocycles. The molecule has 0 heterocycles. The number of benzene rings is 1. The third kappa shape index (κ3) is 3.63. The second kappa shape index (κ2) is 5.96. The number of carboxylic acid groups (broad SMARTS) is 2. The summed E-state index contributed by atoms with van der Waals surface area (Å²) in [5.41, 5.74) is -0.966. The monoisotopic (exact) mass is 292 g/mol. The highest BCUT2D eigenvalue weighted by Crippen LogP contribution is 2.27. The van der Waals surface area contributed by atoms with Gasteiger partial charge in [-0.15, -0.1) is 0 Å². The second-order valence-electron chi connectivity index (χ2n) is 3.77. The van der Waals surface area contributed by atoms with Gasteiger partial charge in [-0.25, -0.2) is 9.18 Å². The topological polar surface area (TPSA) is 115 Å². The molecule has 0 spiro atoms. The Hall–Kier alpha value is -1.70. The van der Waals surface area contributed by atoms with Crippen LogP contribution in [0.5, 0.6) is 0 Å². The molecule has 6 nitrogen and oxygen atoms in total. The van der Waals surface area contributed by atoms with Gasteiger partial charge in [0.25, 0.3) is 0 Å². The van der Waals surface area contributed by atoms with Gasteiger partial charge in [0.1, 0.15) is 11.9 Å². The molecule has 1 aromatic carbocycles. The minimum atomic E-state index is -1.82. The van der Waals surface area contributed by atoms with Crippen LogP contribution in [0.15, 0.2) is 12.1 Å².